The molecule has 1 aliphatic heterocycles. The van der Waals surface area contributed by atoms with E-state index in [1.807, 2.05) is 48.2 Å². The maximum Gasteiger partial charge on any atom is 0.253 e. The highest BCUT2D eigenvalue weighted by Crippen LogP contribution is 2.28. The van der Waals surface area contributed by atoms with E-state index in [9.17, 15) is 4.79 Å². The normalized spacial score (nSPS) is 17.1. The highest BCUT2D eigenvalue weighted by atomic mass is 35.5. The summed E-state index contributed by atoms with van der Waals surface area (Å²) in [6.07, 6.45) is 1.85. The second-order valence-corrected chi connectivity index (χ2v) is 7.36. The van der Waals surface area contributed by atoms with Crippen LogP contribution in [0.1, 0.15) is 40.6 Å². The van der Waals surface area contributed by atoms with Crippen LogP contribution in [0.2, 0.25) is 5.02 Å². The molecule has 3 aromatic rings. The van der Waals surface area contributed by atoms with Crippen LogP contribution in [0.4, 0.5) is 0 Å². The molecular formula is C21H20ClN3O2. The first-order chi connectivity index (χ1) is 13.1. The quantitative estimate of drug-likeness (QED) is 0.658. The number of carbonyl (C=O) groups is 1. The van der Waals surface area contributed by atoms with Gasteiger partial charge in [-0.3, -0.25) is 4.79 Å². The molecule has 1 amide bonds. The zero-order chi connectivity index (χ0) is 18.8. The van der Waals surface area contributed by atoms with Crippen LogP contribution in [0.5, 0.6) is 0 Å². The number of carbonyl (C=O) groups excluding carboxylic acids is 1. The van der Waals surface area contributed by atoms with Crippen molar-refractivity contribution in [3.05, 3.63) is 70.6 Å². The second kappa shape index (κ2) is 7.53. The van der Waals surface area contributed by atoms with Crippen LogP contribution in [0.15, 0.2) is 53.1 Å². The predicted octanol–water partition coefficient (Wildman–Crippen LogP) is 4.72. The Bertz CT molecular complexity index is 935. The fourth-order valence-electron chi connectivity index (χ4n) is 3.36. The van der Waals surface area contributed by atoms with Gasteiger partial charge in [-0.05, 0) is 56.2 Å². The Morgan fingerprint density at radius 3 is 2.63 bits per heavy atom. The first kappa shape index (κ1) is 17.7. The van der Waals surface area contributed by atoms with Crippen LogP contribution >= 0.6 is 11.6 Å². The van der Waals surface area contributed by atoms with Gasteiger partial charge in [-0.25, -0.2) is 0 Å². The maximum absolute atomic E-state index is 12.8. The number of aryl methyl sites for hydroxylation is 1. The maximum atomic E-state index is 12.8. The minimum Gasteiger partial charge on any atom is -0.339 e. The number of benzene rings is 2. The lowest BCUT2D eigenvalue weighted by atomic mass is 9.97. The summed E-state index contributed by atoms with van der Waals surface area (Å²) in [4.78, 5) is 19.2. The van der Waals surface area contributed by atoms with Gasteiger partial charge < -0.3 is 9.42 Å². The Balaban J connectivity index is 1.49. The minimum atomic E-state index is 0.0529. The molecule has 4 rings (SSSR count). The Hall–Kier alpha value is -2.66. The number of likely N-dealkylation sites (tertiary alicyclic amines) is 1. The Kier molecular flexibility index (Phi) is 4.94. The molecule has 2 heterocycles. The number of nitrogens with zero attached hydrogens (tertiary/aromatic N) is 3. The lowest BCUT2D eigenvalue weighted by Crippen LogP contribution is -2.39. The van der Waals surface area contributed by atoms with E-state index in [4.69, 9.17) is 16.1 Å². The molecule has 1 saturated heterocycles. The van der Waals surface area contributed by atoms with E-state index in [-0.39, 0.29) is 11.8 Å². The van der Waals surface area contributed by atoms with Crippen LogP contribution < -0.4 is 0 Å². The van der Waals surface area contributed by atoms with E-state index in [0.717, 1.165) is 30.5 Å². The first-order valence-corrected chi connectivity index (χ1v) is 9.43. The molecule has 0 saturated carbocycles. The van der Waals surface area contributed by atoms with Crippen LogP contribution in [-0.4, -0.2) is 34.0 Å². The second-order valence-electron chi connectivity index (χ2n) is 6.92. The van der Waals surface area contributed by atoms with Gasteiger partial charge in [0.25, 0.3) is 5.91 Å². The fourth-order valence-corrected chi connectivity index (χ4v) is 3.49. The van der Waals surface area contributed by atoms with Gasteiger partial charge >= 0.3 is 0 Å². The molecule has 138 valence electrons. The van der Waals surface area contributed by atoms with Crippen molar-refractivity contribution in [3.8, 4) is 11.4 Å². The predicted molar refractivity (Wildman–Crippen MR) is 104 cm³/mol. The first-order valence-electron chi connectivity index (χ1n) is 9.05. The average molecular weight is 382 g/mol. The molecule has 0 radical (unpaired) electrons. The molecule has 2 aromatic carbocycles. The fraction of sp³-hybridized carbons (Fsp3) is 0.286. The lowest BCUT2D eigenvalue weighted by molar-refractivity contribution is 0.0695. The van der Waals surface area contributed by atoms with Crippen molar-refractivity contribution in [1.29, 1.82) is 0 Å². The number of hydrogen-bond acceptors (Lipinski definition) is 4. The largest absolute Gasteiger partial charge is 0.339 e. The van der Waals surface area contributed by atoms with Crippen molar-refractivity contribution >= 4 is 17.5 Å². The number of rotatable bonds is 3. The highest BCUT2D eigenvalue weighted by molar-refractivity contribution is 6.30. The van der Waals surface area contributed by atoms with Gasteiger partial charge in [-0.1, -0.05) is 34.5 Å². The van der Waals surface area contributed by atoms with Gasteiger partial charge in [-0.2, -0.15) is 4.98 Å². The molecule has 0 spiro atoms. The van der Waals surface area contributed by atoms with Crippen molar-refractivity contribution in [3.63, 3.8) is 0 Å². The zero-order valence-electron chi connectivity index (χ0n) is 15.1. The van der Waals surface area contributed by atoms with Crippen LogP contribution in [0.25, 0.3) is 11.4 Å². The third-order valence-corrected chi connectivity index (χ3v) is 5.15. The smallest absolute Gasteiger partial charge is 0.253 e. The van der Waals surface area contributed by atoms with Gasteiger partial charge in [0, 0.05) is 29.2 Å². The number of aromatic nitrogens is 2. The SMILES string of the molecule is Cc1ccc(C(=O)N2CCC[C@@H](c3nc(-c4ccc(Cl)cc4)no3)C2)cc1. The molecule has 0 aliphatic carbocycles. The van der Waals surface area contributed by atoms with Gasteiger partial charge in [0.2, 0.25) is 11.7 Å². The molecule has 1 aliphatic rings. The number of amides is 1. The molecule has 6 heteroatoms. The van der Waals surface area contributed by atoms with Gasteiger partial charge in [0.1, 0.15) is 0 Å². The molecule has 0 N–H and O–H groups in total. The molecule has 1 atom stereocenters. The van der Waals surface area contributed by atoms with Crippen LogP contribution in [0, 0.1) is 6.92 Å². The monoisotopic (exact) mass is 381 g/mol. The van der Waals surface area contributed by atoms with Crippen LogP contribution in [0.3, 0.4) is 0 Å². The summed E-state index contributed by atoms with van der Waals surface area (Å²) < 4.78 is 5.51. The summed E-state index contributed by atoms with van der Waals surface area (Å²) in [6, 6.07) is 15.0. The summed E-state index contributed by atoms with van der Waals surface area (Å²) in [5.41, 5.74) is 2.72. The molecular weight excluding hydrogens is 362 g/mol. The van der Waals surface area contributed by atoms with E-state index < -0.39 is 0 Å². The van der Waals surface area contributed by atoms with Crippen molar-refractivity contribution in [2.45, 2.75) is 25.7 Å². The van der Waals surface area contributed by atoms with Crippen molar-refractivity contribution in [1.82, 2.24) is 15.0 Å². The van der Waals surface area contributed by atoms with Gasteiger partial charge in [0.05, 0.1) is 5.92 Å². The van der Waals surface area contributed by atoms with E-state index in [1.54, 1.807) is 12.1 Å². The molecule has 0 unspecified atom stereocenters. The molecule has 1 fully saturated rings. The number of piperidine rings is 1. The molecule has 1 aromatic heterocycles. The average Bonchev–Trinajstić information content (AvgIpc) is 3.19. The Morgan fingerprint density at radius 1 is 1.15 bits per heavy atom. The third kappa shape index (κ3) is 3.88. The van der Waals surface area contributed by atoms with Crippen molar-refractivity contribution < 1.29 is 9.32 Å². The van der Waals surface area contributed by atoms with E-state index in [2.05, 4.69) is 10.1 Å². The van der Waals surface area contributed by atoms with Gasteiger partial charge in [0.15, 0.2) is 0 Å². The Labute approximate surface area is 163 Å². The lowest BCUT2D eigenvalue weighted by Gasteiger charge is -2.31. The molecule has 27 heavy (non-hydrogen) atoms. The number of hydrogen-bond donors (Lipinski definition) is 0. The van der Waals surface area contributed by atoms with E-state index >= 15 is 0 Å². The summed E-state index contributed by atoms with van der Waals surface area (Å²) in [6.45, 7) is 3.36. The number of halogens is 1. The van der Waals surface area contributed by atoms with Gasteiger partial charge in [-0.15, -0.1) is 0 Å². The summed E-state index contributed by atoms with van der Waals surface area (Å²) in [5.74, 6) is 1.24. The summed E-state index contributed by atoms with van der Waals surface area (Å²) >= 11 is 5.93. The topological polar surface area (TPSA) is 59.2 Å². The summed E-state index contributed by atoms with van der Waals surface area (Å²) in [7, 11) is 0. The Morgan fingerprint density at radius 2 is 1.89 bits per heavy atom. The van der Waals surface area contributed by atoms with Crippen molar-refractivity contribution in [2.24, 2.45) is 0 Å². The van der Waals surface area contributed by atoms with E-state index in [1.165, 1.54) is 0 Å². The van der Waals surface area contributed by atoms with Crippen molar-refractivity contribution in [2.75, 3.05) is 13.1 Å². The standard InChI is InChI=1S/C21H20ClN3O2/c1-14-4-6-16(7-5-14)21(26)25-12-2-3-17(13-25)20-23-19(24-27-20)15-8-10-18(22)11-9-15/h4-11,17H,2-3,12-13H2,1H3/t17-/m1/s1. The zero-order valence-corrected chi connectivity index (χ0v) is 15.8. The molecule has 5 nitrogen and oxygen atoms in total. The third-order valence-electron chi connectivity index (χ3n) is 4.90. The van der Waals surface area contributed by atoms with Crippen LogP contribution in [-0.2, 0) is 0 Å². The minimum absolute atomic E-state index is 0.0529. The highest BCUT2D eigenvalue weighted by Gasteiger charge is 2.29. The summed E-state index contributed by atoms with van der Waals surface area (Å²) in [5, 5.41) is 4.76. The van der Waals surface area contributed by atoms with E-state index in [0.29, 0.717) is 28.8 Å². The molecule has 0 bridgehead atoms.